The van der Waals surface area contributed by atoms with E-state index in [1.54, 1.807) is 6.20 Å². The highest BCUT2D eigenvalue weighted by atomic mass is 16.5. The van der Waals surface area contributed by atoms with Crippen molar-refractivity contribution in [3.05, 3.63) is 18.3 Å². The number of aromatic nitrogens is 1. The van der Waals surface area contributed by atoms with Gasteiger partial charge in [-0.2, -0.15) is 0 Å². The molecule has 0 aliphatic carbocycles. The van der Waals surface area contributed by atoms with Crippen LogP contribution in [0.1, 0.15) is 13.8 Å². The molecule has 1 saturated heterocycles. The largest absolute Gasteiger partial charge is 0.462 e. The Morgan fingerprint density at radius 2 is 2.10 bits per heavy atom. The Morgan fingerprint density at radius 3 is 2.70 bits per heavy atom. The lowest BCUT2D eigenvalue weighted by molar-refractivity contribution is -0.148. The van der Waals surface area contributed by atoms with Gasteiger partial charge in [0.1, 0.15) is 0 Å². The van der Waals surface area contributed by atoms with E-state index in [1.807, 2.05) is 26.0 Å². The van der Waals surface area contributed by atoms with E-state index in [2.05, 4.69) is 14.8 Å². The molecule has 6 nitrogen and oxygen atoms in total. The standard InChI is InChI=1S/C14H22N4O2/c1-11(2)20-13(19)10-17-6-8-18(9-7-17)14-12(15)4-3-5-16-14/h3-5,11H,6-10,15H2,1-2H3. The van der Waals surface area contributed by atoms with Crippen molar-refractivity contribution in [3.8, 4) is 0 Å². The van der Waals surface area contributed by atoms with E-state index < -0.39 is 0 Å². The van der Waals surface area contributed by atoms with E-state index in [9.17, 15) is 4.79 Å². The number of carbonyl (C=O) groups excluding carboxylic acids is 1. The molecular formula is C14H22N4O2. The summed E-state index contributed by atoms with van der Waals surface area (Å²) in [5.74, 6) is 0.669. The van der Waals surface area contributed by atoms with Crippen LogP contribution < -0.4 is 10.6 Å². The van der Waals surface area contributed by atoms with Crippen molar-refractivity contribution < 1.29 is 9.53 Å². The van der Waals surface area contributed by atoms with Crippen LogP contribution in [-0.4, -0.2) is 54.7 Å². The molecule has 1 fully saturated rings. The topological polar surface area (TPSA) is 71.7 Å². The summed E-state index contributed by atoms with van der Waals surface area (Å²) >= 11 is 0. The highest BCUT2D eigenvalue weighted by Gasteiger charge is 2.21. The van der Waals surface area contributed by atoms with Gasteiger partial charge >= 0.3 is 5.97 Å². The molecule has 0 radical (unpaired) electrons. The van der Waals surface area contributed by atoms with Gasteiger partial charge in [-0.1, -0.05) is 0 Å². The van der Waals surface area contributed by atoms with Gasteiger partial charge in [-0.05, 0) is 26.0 Å². The van der Waals surface area contributed by atoms with Crippen molar-refractivity contribution in [2.24, 2.45) is 0 Å². The summed E-state index contributed by atoms with van der Waals surface area (Å²) in [5, 5.41) is 0. The third-order valence-electron chi connectivity index (χ3n) is 3.21. The quantitative estimate of drug-likeness (QED) is 0.819. The average Bonchev–Trinajstić information content (AvgIpc) is 2.39. The normalized spacial score (nSPS) is 16.4. The van der Waals surface area contributed by atoms with Crippen LogP contribution in [0.4, 0.5) is 11.5 Å². The number of carbonyl (C=O) groups is 1. The molecule has 0 saturated carbocycles. The predicted molar refractivity (Wildman–Crippen MR) is 78.5 cm³/mol. The van der Waals surface area contributed by atoms with E-state index >= 15 is 0 Å². The molecule has 110 valence electrons. The number of rotatable bonds is 4. The number of esters is 1. The van der Waals surface area contributed by atoms with E-state index in [0.29, 0.717) is 12.2 Å². The number of nitrogens with two attached hydrogens (primary N) is 1. The van der Waals surface area contributed by atoms with Crippen LogP contribution in [0.25, 0.3) is 0 Å². The predicted octanol–water partition coefficient (Wildman–Crippen LogP) is 0.737. The monoisotopic (exact) mass is 278 g/mol. The summed E-state index contributed by atoms with van der Waals surface area (Å²) in [7, 11) is 0. The minimum absolute atomic E-state index is 0.0582. The fourth-order valence-electron chi connectivity index (χ4n) is 2.27. The third kappa shape index (κ3) is 3.84. The highest BCUT2D eigenvalue weighted by Crippen LogP contribution is 2.20. The van der Waals surface area contributed by atoms with Crippen molar-refractivity contribution in [3.63, 3.8) is 0 Å². The van der Waals surface area contributed by atoms with E-state index in [4.69, 9.17) is 10.5 Å². The van der Waals surface area contributed by atoms with E-state index in [-0.39, 0.29) is 12.1 Å². The summed E-state index contributed by atoms with van der Waals surface area (Å²) in [6.07, 6.45) is 1.69. The van der Waals surface area contributed by atoms with Crippen LogP contribution in [0.3, 0.4) is 0 Å². The Morgan fingerprint density at radius 1 is 1.40 bits per heavy atom. The van der Waals surface area contributed by atoms with Crippen LogP contribution in [-0.2, 0) is 9.53 Å². The molecule has 20 heavy (non-hydrogen) atoms. The Kier molecular flexibility index (Phi) is 4.79. The minimum atomic E-state index is -0.161. The van der Waals surface area contributed by atoms with Gasteiger partial charge in [0, 0.05) is 32.4 Å². The molecule has 2 heterocycles. The Hall–Kier alpha value is -1.82. The number of nitrogen functional groups attached to an aromatic ring is 1. The van der Waals surface area contributed by atoms with Gasteiger partial charge in [-0.25, -0.2) is 4.98 Å². The molecule has 0 unspecified atom stereocenters. The Balaban J connectivity index is 1.84. The van der Waals surface area contributed by atoms with E-state index in [1.165, 1.54) is 0 Å². The maximum absolute atomic E-state index is 11.6. The van der Waals surface area contributed by atoms with Gasteiger partial charge in [0.15, 0.2) is 5.82 Å². The first kappa shape index (κ1) is 14.6. The number of anilines is 2. The Labute approximate surface area is 119 Å². The fourth-order valence-corrected chi connectivity index (χ4v) is 2.27. The molecule has 0 atom stereocenters. The van der Waals surface area contributed by atoms with Crippen molar-refractivity contribution in [2.75, 3.05) is 43.4 Å². The minimum Gasteiger partial charge on any atom is -0.462 e. The summed E-state index contributed by atoms with van der Waals surface area (Å²) in [4.78, 5) is 20.2. The molecule has 0 aromatic carbocycles. The zero-order chi connectivity index (χ0) is 14.5. The SMILES string of the molecule is CC(C)OC(=O)CN1CCN(c2ncccc2N)CC1. The van der Waals surface area contributed by atoms with Crippen LogP contribution in [0, 0.1) is 0 Å². The maximum atomic E-state index is 11.6. The highest BCUT2D eigenvalue weighted by molar-refractivity contribution is 5.72. The van der Waals surface area contributed by atoms with Gasteiger partial charge in [-0.3, -0.25) is 9.69 Å². The first-order valence-electron chi connectivity index (χ1n) is 6.93. The first-order chi connectivity index (χ1) is 9.56. The van der Waals surface area contributed by atoms with Gasteiger partial charge in [0.05, 0.1) is 18.3 Å². The van der Waals surface area contributed by atoms with Crippen molar-refractivity contribution in [1.82, 2.24) is 9.88 Å². The first-order valence-corrected chi connectivity index (χ1v) is 6.93. The molecule has 1 aliphatic rings. The summed E-state index contributed by atoms with van der Waals surface area (Å²) in [5.41, 5.74) is 6.62. The molecular weight excluding hydrogens is 256 g/mol. The molecule has 0 bridgehead atoms. The van der Waals surface area contributed by atoms with Crippen LogP contribution in [0.5, 0.6) is 0 Å². The zero-order valence-corrected chi connectivity index (χ0v) is 12.1. The van der Waals surface area contributed by atoms with Gasteiger partial charge in [0.25, 0.3) is 0 Å². The molecule has 0 amide bonds. The second-order valence-electron chi connectivity index (χ2n) is 5.22. The van der Waals surface area contributed by atoms with Crippen LogP contribution >= 0.6 is 0 Å². The molecule has 1 aliphatic heterocycles. The molecule has 1 aromatic rings. The molecule has 0 spiro atoms. The van der Waals surface area contributed by atoms with Crippen LogP contribution in [0.15, 0.2) is 18.3 Å². The molecule has 2 N–H and O–H groups in total. The van der Waals surface area contributed by atoms with Gasteiger partial charge in [-0.15, -0.1) is 0 Å². The molecule has 1 aromatic heterocycles. The molecule has 6 heteroatoms. The lowest BCUT2D eigenvalue weighted by Gasteiger charge is -2.35. The summed E-state index contributed by atoms with van der Waals surface area (Å²) in [6, 6.07) is 3.69. The van der Waals surface area contributed by atoms with Gasteiger partial charge in [0.2, 0.25) is 0 Å². The second kappa shape index (κ2) is 6.56. The van der Waals surface area contributed by atoms with E-state index in [0.717, 1.165) is 32.0 Å². The lowest BCUT2D eigenvalue weighted by atomic mass is 10.3. The number of pyridine rings is 1. The van der Waals surface area contributed by atoms with Crippen LogP contribution in [0.2, 0.25) is 0 Å². The second-order valence-corrected chi connectivity index (χ2v) is 5.22. The van der Waals surface area contributed by atoms with Gasteiger partial charge < -0.3 is 15.4 Å². The van der Waals surface area contributed by atoms with Crippen molar-refractivity contribution in [1.29, 1.82) is 0 Å². The number of hydrogen-bond donors (Lipinski definition) is 1. The van der Waals surface area contributed by atoms with Crippen molar-refractivity contribution >= 4 is 17.5 Å². The number of hydrogen-bond acceptors (Lipinski definition) is 6. The average molecular weight is 278 g/mol. The number of ether oxygens (including phenoxy) is 1. The number of nitrogens with zero attached hydrogens (tertiary/aromatic N) is 3. The summed E-state index contributed by atoms with van der Waals surface area (Å²) in [6.45, 7) is 7.32. The van der Waals surface area contributed by atoms with Crippen molar-refractivity contribution in [2.45, 2.75) is 20.0 Å². The summed E-state index contributed by atoms with van der Waals surface area (Å²) < 4.78 is 5.16. The lowest BCUT2D eigenvalue weighted by Crippen LogP contribution is -2.48. The molecule has 2 rings (SSSR count). The fraction of sp³-hybridized carbons (Fsp3) is 0.571. The Bertz CT molecular complexity index is 456. The smallest absolute Gasteiger partial charge is 0.320 e. The zero-order valence-electron chi connectivity index (χ0n) is 12.1. The number of piperazine rings is 1. The maximum Gasteiger partial charge on any atom is 0.320 e. The third-order valence-corrected chi connectivity index (χ3v) is 3.21.